The van der Waals surface area contributed by atoms with Crippen LogP contribution in [0.1, 0.15) is 35.6 Å². The van der Waals surface area contributed by atoms with Gasteiger partial charge >= 0.3 is 0 Å². The van der Waals surface area contributed by atoms with E-state index in [2.05, 4.69) is 32.8 Å². The molecule has 1 aliphatic rings. The summed E-state index contributed by atoms with van der Waals surface area (Å²) in [5.41, 5.74) is 3.56. The van der Waals surface area contributed by atoms with Gasteiger partial charge in [0.1, 0.15) is 6.33 Å². The number of aromatic nitrogens is 5. The zero-order chi connectivity index (χ0) is 17.1. The van der Waals surface area contributed by atoms with Crippen LogP contribution in [0, 0.1) is 6.92 Å². The van der Waals surface area contributed by atoms with E-state index in [4.69, 9.17) is 4.98 Å². The predicted octanol–water partition coefficient (Wildman–Crippen LogP) is 2.75. The Kier molecular flexibility index (Phi) is 4.52. The molecule has 1 atom stereocenters. The average Bonchev–Trinajstić information content (AvgIpc) is 3.17. The minimum atomic E-state index is 0.419. The molecule has 4 heterocycles. The molecule has 3 aromatic rings. The second kappa shape index (κ2) is 7.11. The van der Waals surface area contributed by atoms with Gasteiger partial charge in [0.2, 0.25) is 0 Å². The molecule has 1 saturated heterocycles. The lowest BCUT2D eigenvalue weighted by molar-refractivity contribution is 0.198. The molecular weight excluding hydrogens is 312 g/mol. The van der Waals surface area contributed by atoms with Crippen LogP contribution in [0.25, 0.3) is 5.82 Å². The zero-order valence-corrected chi connectivity index (χ0v) is 14.4. The average molecular weight is 334 g/mol. The Labute approximate surface area is 147 Å². The number of likely N-dealkylation sites (tertiary alicyclic amines) is 1. The van der Waals surface area contributed by atoms with Gasteiger partial charge in [0.05, 0.1) is 11.9 Å². The van der Waals surface area contributed by atoms with E-state index >= 15 is 0 Å². The van der Waals surface area contributed by atoms with Crippen molar-refractivity contribution in [3.8, 4) is 5.82 Å². The Balaban J connectivity index is 1.49. The molecular formula is C19H22N6. The van der Waals surface area contributed by atoms with Crippen molar-refractivity contribution < 1.29 is 0 Å². The third-order valence-corrected chi connectivity index (χ3v) is 4.67. The van der Waals surface area contributed by atoms with Crippen LogP contribution in [0.5, 0.6) is 0 Å². The highest BCUT2D eigenvalue weighted by Crippen LogP contribution is 2.26. The number of hydrogen-bond donors (Lipinski definition) is 0. The van der Waals surface area contributed by atoms with Crippen molar-refractivity contribution in [2.24, 2.45) is 0 Å². The number of pyridine rings is 1. The predicted molar refractivity (Wildman–Crippen MR) is 95.4 cm³/mol. The molecule has 0 spiro atoms. The first-order valence-corrected chi connectivity index (χ1v) is 8.71. The van der Waals surface area contributed by atoms with Gasteiger partial charge in [0.25, 0.3) is 0 Å². The molecule has 0 N–H and O–H groups in total. The summed E-state index contributed by atoms with van der Waals surface area (Å²) in [6.07, 6.45) is 15.3. The molecule has 0 amide bonds. The molecule has 1 unspecified atom stereocenters. The van der Waals surface area contributed by atoms with Gasteiger partial charge in [-0.3, -0.25) is 19.4 Å². The molecule has 0 bridgehead atoms. The van der Waals surface area contributed by atoms with E-state index in [0.29, 0.717) is 5.92 Å². The molecule has 0 aromatic carbocycles. The maximum Gasteiger partial charge on any atom is 0.156 e. The van der Waals surface area contributed by atoms with E-state index < -0.39 is 0 Å². The standard InChI is InChI=1S/C19H22N6/c1-15-7-16(9-21-8-15)12-24-5-2-3-17(13-24)18-10-22-11-19(23-18)25-6-4-20-14-25/h4,6-11,14,17H,2-3,5,12-13H2,1H3. The molecule has 25 heavy (non-hydrogen) atoms. The molecule has 4 rings (SSSR count). The Morgan fingerprint density at radius 1 is 1.12 bits per heavy atom. The Hall–Kier alpha value is -2.60. The van der Waals surface area contributed by atoms with Crippen LogP contribution in [0.4, 0.5) is 0 Å². The first kappa shape index (κ1) is 15.9. The minimum Gasteiger partial charge on any atom is -0.298 e. The molecule has 128 valence electrons. The number of nitrogens with zero attached hydrogens (tertiary/aromatic N) is 6. The highest BCUT2D eigenvalue weighted by Gasteiger charge is 2.23. The summed E-state index contributed by atoms with van der Waals surface area (Å²) in [5.74, 6) is 1.25. The normalized spacial score (nSPS) is 18.4. The van der Waals surface area contributed by atoms with E-state index in [0.717, 1.165) is 37.6 Å². The molecule has 0 saturated carbocycles. The fourth-order valence-electron chi connectivity index (χ4n) is 3.49. The minimum absolute atomic E-state index is 0.419. The molecule has 6 nitrogen and oxygen atoms in total. The summed E-state index contributed by atoms with van der Waals surface area (Å²) >= 11 is 0. The summed E-state index contributed by atoms with van der Waals surface area (Å²) in [4.78, 5) is 20.1. The number of piperidine rings is 1. The summed E-state index contributed by atoms with van der Waals surface area (Å²) in [6, 6.07) is 2.22. The molecule has 1 fully saturated rings. The van der Waals surface area contributed by atoms with Gasteiger partial charge in [-0.2, -0.15) is 0 Å². The summed E-state index contributed by atoms with van der Waals surface area (Å²) < 4.78 is 1.90. The van der Waals surface area contributed by atoms with Crippen molar-refractivity contribution in [2.75, 3.05) is 13.1 Å². The summed E-state index contributed by atoms with van der Waals surface area (Å²) in [5, 5.41) is 0. The first-order chi connectivity index (χ1) is 12.3. The van der Waals surface area contributed by atoms with Gasteiger partial charge < -0.3 is 0 Å². The first-order valence-electron chi connectivity index (χ1n) is 8.71. The number of rotatable bonds is 4. The van der Waals surface area contributed by atoms with E-state index in [9.17, 15) is 0 Å². The Morgan fingerprint density at radius 2 is 2.04 bits per heavy atom. The highest BCUT2D eigenvalue weighted by atomic mass is 15.1. The SMILES string of the molecule is Cc1cncc(CN2CCCC(c3cncc(-n4ccnc4)n3)C2)c1. The maximum atomic E-state index is 4.82. The second-order valence-electron chi connectivity index (χ2n) is 6.72. The summed E-state index contributed by atoms with van der Waals surface area (Å²) in [6.45, 7) is 5.17. The summed E-state index contributed by atoms with van der Waals surface area (Å²) in [7, 11) is 0. The van der Waals surface area contributed by atoms with Crippen molar-refractivity contribution in [3.05, 3.63) is 66.4 Å². The smallest absolute Gasteiger partial charge is 0.156 e. The molecule has 1 aliphatic heterocycles. The van der Waals surface area contributed by atoms with Crippen molar-refractivity contribution in [1.29, 1.82) is 0 Å². The zero-order valence-electron chi connectivity index (χ0n) is 14.4. The maximum absolute atomic E-state index is 4.82. The lowest BCUT2D eigenvalue weighted by Gasteiger charge is -2.32. The van der Waals surface area contributed by atoms with Gasteiger partial charge in [0.15, 0.2) is 5.82 Å². The number of hydrogen-bond acceptors (Lipinski definition) is 5. The van der Waals surface area contributed by atoms with Crippen LogP contribution in [0.2, 0.25) is 0 Å². The lowest BCUT2D eigenvalue weighted by Crippen LogP contribution is -2.34. The third-order valence-electron chi connectivity index (χ3n) is 4.67. The monoisotopic (exact) mass is 334 g/mol. The molecule has 6 heteroatoms. The van der Waals surface area contributed by atoms with Gasteiger partial charge in [-0.15, -0.1) is 0 Å². The highest BCUT2D eigenvalue weighted by molar-refractivity contribution is 5.22. The van der Waals surface area contributed by atoms with Gasteiger partial charge in [-0.1, -0.05) is 6.07 Å². The molecule has 3 aromatic heterocycles. The van der Waals surface area contributed by atoms with Crippen molar-refractivity contribution in [1.82, 2.24) is 29.4 Å². The van der Waals surface area contributed by atoms with Gasteiger partial charge in [0, 0.05) is 50.0 Å². The van der Waals surface area contributed by atoms with Crippen LogP contribution in [-0.4, -0.2) is 42.5 Å². The van der Waals surface area contributed by atoms with Gasteiger partial charge in [-0.05, 0) is 37.4 Å². The largest absolute Gasteiger partial charge is 0.298 e. The van der Waals surface area contributed by atoms with E-state index in [-0.39, 0.29) is 0 Å². The number of imidazole rings is 1. The fourth-order valence-corrected chi connectivity index (χ4v) is 3.49. The van der Waals surface area contributed by atoms with Crippen molar-refractivity contribution >= 4 is 0 Å². The van der Waals surface area contributed by atoms with Crippen LogP contribution in [0.15, 0.2) is 49.6 Å². The van der Waals surface area contributed by atoms with E-state index in [1.54, 1.807) is 18.7 Å². The van der Waals surface area contributed by atoms with Crippen molar-refractivity contribution in [3.63, 3.8) is 0 Å². The Morgan fingerprint density at radius 3 is 2.88 bits per heavy atom. The fraction of sp³-hybridized carbons (Fsp3) is 0.368. The Bertz CT molecular complexity index is 829. The van der Waals surface area contributed by atoms with E-state index in [1.807, 2.05) is 29.4 Å². The third kappa shape index (κ3) is 3.74. The van der Waals surface area contributed by atoms with Crippen LogP contribution < -0.4 is 0 Å². The number of aryl methyl sites for hydroxylation is 1. The van der Waals surface area contributed by atoms with Crippen LogP contribution in [-0.2, 0) is 6.54 Å². The molecule has 0 radical (unpaired) electrons. The van der Waals surface area contributed by atoms with Gasteiger partial charge in [-0.25, -0.2) is 9.97 Å². The van der Waals surface area contributed by atoms with Crippen LogP contribution in [0.3, 0.4) is 0 Å². The van der Waals surface area contributed by atoms with E-state index in [1.165, 1.54) is 17.5 Å². The van der Waals surface area contributed by atoms with Crippen molar-refractivity contribution in [2.45, 2.75) is 32.2 Å². The molecule has 0 aliphatic carbocycles. The topological polar surface area (TPSA) is 59.7 Å². The second-order valence-corrected chi connectivity index (χ2v) is 6.72. The van der Waals surface area contributed by atoms with Crippen LogP contribution >= 0.6 is 0 Å². The lowest BCUT2D eigenvalue weighted by atomic mass is 9.94. The quantitative estimate of drug-likeness (QED) is 0.734.